The highest BCUT2D eigenvalue weighted by Crippen LogP contribution is 2.43. The van der Waals surface area contributed by atoms with E-state index in [2.05, 4.69) is 50.3 Å². The molecule has 0 aromatic carbocycles. The van der Waals surface area contributed by atoms with Crippen molar-refractivity contribution >= 4 is 19.8 Å². The van der Waals surface area contributed by atoms with Gasteiger partial charge in [0.25, 0.3) is 0 Å². The number of phosphoric acid groups is 1. The third-order valence-corrected chi connectivity index (χ3v) is 9.51. The van der Waals surface area contributed by atoms with Gasteiger partial charge in [0.05, 0.1) is 13.2 Å². The van der Waals surface area contributed by atoms with E-state index < -0.39 is 32.5 Å². The number of carbonyl (C=O) groups excluding carboxylic acids is 2. The number of unbranched alkanes of at least 4 members (excludes halogenated alkanes) is 19. The molecule has 0 amide bonds. The Morgan fingerprint density at radius 2 is 1.02 bits per heavy atom. The Kier molecular flexibility index (Phi) is 36.7. The van der Waals surface area contributed by atoms with Gasteiger partial charge in [-0.15, -0.1) is 0 Å². The maximum Gasteiger partial charge on any atom is 0.472 e. The van der Waals surface area contributed by atoms with Crippen molar-refractivity contribution in [3.8, 4) is 0 Å². The van der Waals surface area contributed by atoms with Crippen LogP contribution in [0.15, 0.2) is 36.5 Å². The summed E-state index contributed by atoms with van der Waals surface area (Å²) >= 11 is 0. The van der Waals surface area contributed by atoms with E-state index in [1.807, 2.05) is 0 Å². The average Bonchev–Trinajstić information content (AvgIpc) is 3.11. The first kappa shape index (κ1) is 49.2. The Bertz CT molecular complexity index is 939. The van der Waals surface area contributed by atoms with E-state index in [9.17, 15) is 19.0 Å². The van der Waals surface area contributed by atoms with Gasteiger partial charge in [0.2, 0.25) is 0 Å². The van der Waals surface area contributed by atoms with Gasteiger partial charge < -0.3 is 20.1 Å². The largest absolute Gasteiger partial charge is 0.472 e. The molecule has 0 fully saturated rings. The lowest BCUT2D eigenvalue weighted by molar-refractivity contribution is -0.161. The molecule has 0 aliphatic heterocycles. The fourth-order valence-corrected chi connectivity index (χ4v) is 6.23. The Balaban J connectivity index is 4.24. The van der Waals surface area contributed by atoms with Crippen LogP contribution in [0.2, 0.25) is 0 Å². The van der Waals surface area contributed by atoms with Gasteiger partial charge in [0.1, 0.15) is 6.61 Å². The summed E-state index contributed by atoms with van der Waals surface area (Å²) in [7, 11) is -4.38. The maximum absolute atomic E-state index is 12.5. The fraction of sp³-hybridized carbons (Fsp3) is 0.805. The molecular formula is C41H76NO8P. The Morgan fingerprint density at radius 1 is 0.588 bits per heavy atom. The van der Waals surface area contributed by atoms with E-state index >= 15 is 0 Å². The van der Waals surface area contributed by atoms with Gasteiger partial charge in [0, 0.05) is 19.4 Å². The quantitative estimate of drug-likeness (QED) is 0.0274. The van der Waals surface area contributed by atoms with Crippen LogP contribution < -0.4 is 5.73 Å². The van der Waals surface area contributed by atoms with Gasteiger partial charge >= 0.3 is 19.8 Å². The van der Waals surface area contributed by atoms with Crippen LogP contribution in [0.3, 0.4) is 0 Å². The summed E-state index contributed by atoms with van der Waals surface area (Å²) in [5.74, 6) is -0.870. The first-order chi connectivity index (χ1) is 24.8. The highest BCUT2D eigenvalue weighted by atomic mass is 31.2. The molecule has 3 N–H and O–H groups in total. The van der Waals surface area contributed by atoms with Crippen molar-refractivity contribution in [2.75, 3.05) is 26.4 Å². The molecule has 51 heavy (non-hydrogen) atoms. The number of ether oxygens (including phenoxy) is 2. The summed E-state index contributed by atoms with van der Waals surface area (Å²) in [4.78, 5) is 34.8. The zero-order chi connectivity index (χ0) is 37.5. The van der Waals surface area contributed by atoms with Crippen molar-refractivity contribution in [1.29, 1.82) is 0 Å². The van der Waals surface area contributed by atoms with Crippen LogP contribution in [0.4, 0.5) is 0 Å². The topological polar surface area (TPSA) is 134 Å². The second kappa shape index (κ2) is 38.0. The molecule has 0 spiro atoms. The molecule has 0 bridgehead atoms. The molecule has 10 heteroatoms. The highest BCUT2D eigenvalue weighted by Gasteiger charge is 2.25. The van der Waals surface area contributed by atoms with E-state index in [-0.39, 0.29) is 32.6 Å². The van der Waals surface area contributed by atoms with Crippen LogP contribution >= 0.6 is 7.82 Å². The molecule has 0 aromatic heterocycles. The second-order valence-electron chi connectivity index (χ2n) is 13.5. The summed E-state index contributed by atoms with van der Waals surface area (Å²) < 4.78 is 32.7. The second-order valence-corrected chi connectivity index (χ2v) is 15.0. The van der Waals surface area contributed by atoms with E-state index in [1.165, 1.54) is 96.3 Å². The predicted octanol–water partition coefficient (Wildman–Crippen LogP) is 11.4. The number of nitrogens with two attached hydrogens (primary N) is 1. The van der Waals surface area contributed by atoms with Gasteiger partial charge in [-0.2, -0.15) is 0 Å². The molecule has 0 rings (SSSR count). The van der Waals surface area contributed by atoms with Gasteiger partial charge in [0.15, 0.2) is 6.10 Å². The normalized spacial score (nSPS) is 13.7. The monoisotopic (exact) mass is 742 g/mol. The lowest BCUT2D eigenvalue weighted by atomic mass is 10.0. The molecule has 2 atom stereocenters. The maximum atomic E-state index is 12.5. The van der Waals surface area contributed by atoms with Crippen molar-refractivity contribution < 1.29 is 37.6 Å². The molecule has 2 unspecified atom stereocenters. The third kappa shape index (κ3) is 37.8. The summed E-state index contributed by atoms with van der Waals surface area (Å²) in [6.45, 7) is 3.66. The fourth-order valence-electron chi connectivity index (χ4n) is 5.46. The van der Waals surface area contributed by atoms with Crippen LogP contribution in [-0.2, 0) is 32.7 Å². The molecule has 298 valence electrons. The first-order valence-electron chi connectivity index (χ1n) is 20.5. The molecule has 0 saturated heterocycles. The SMILES string of the molecule is CCCCCC=CCC=CCC=CCCCCC(=O)OC(COC(=O)CCCCCCCCCCCCCCCCC)COP(=O)(O)OCCN. The third-order valence-electron chi connectivity index (χ3n) is 8.53. The van der Waals surface area contributed by atoms with Gasteiger partial charge in [-0.05, 0) is 51.4 Å². The molecule has 0 aliphatic rings. The van der Waals surface area contributed by atoms with Crippen molar-refractivity contribution in [3.63, 3.8) is 0 Å². The summed E-state index contributed by atoms with van der Waals surface area (Å²) in [6.07, 6.45) is 40.3. The minimum absolute atomic E-state index is 0.0476. The lowest BCUT2D eigenvalue weighted by Gasteiger charge is -2.19. The summed E-state index contributed by atoms with van der Waals surface area (Å²) in [5.41, 5.74) is 5.33. The van der Waals surface area contributed by atoms with Crippen molar-refractivity contribution in [2.24, 2.45) is 5.73 Å². The van der Waals surface area contributed by atoms with E-state index in [0.29, 0.717) is 6.42 Å². The molecule has 0 saturated carbocycles. The Morgan fingerprint density at radius 3 is 1.55 bits per heavy atom. The zero-order valence-electron chi connectivity index (χ0n) is 32.6. The lowest BCUT2D eigenvalue weighted by Crippen LogP contribution is -2.29. The van der Waals surface area contributed by atoms with E-state index in [1.54, 1.807) is 0 Å². The predicted molar refractivity (Wildman–Crippen MR) is 210 cm³/mol. The minimum Gasteiger partial charge on any atom is -0.462 e. The standard InChI is InChI=1S/C41H76NO8P/c1-3-5-7-9-11-13-15-17-19-21-23-25-27-29-31-33-40(43)47-37-39(38-49-51(45,46)48-36-35-42)50-41(44)34-32-30-28-26-24-22-20-18-16-14-12-10-8-6-4-2/h12,14,18,20,24,26,39H,3-11,13,15-17,19,21-23,25,27-38,42H2,1-2H3,(H,45,46). The van der Waals surface area contributed by atoms with Crippen LogP contribution in [0.25, 0.3) is 0 Å². The highest BCUT2D eigenvalue weighted by molar-refractivity contribution is 7.47. The number of rotatable bonds is 38. The molecule has 0 heterocycles. The number of hydrogen-bond acceptors (Lipinski definition) is 8. The number of phosphoric ester groups is 1. The number of esters is 2. The molecular weight excluding hydrogens is 665 g/mol. The molecule has 0 aromatic rings. The molecule has 0 aliphatic carbocycles. The van der Waals surface area contributed by atoms with Gasteiger partial charge in [-0.1, -0.05) is 153 Å². The Labute approximate surface area is 312 Å². The molecule has 0 radical (unpaired) electrons. The summed E-state index contributed by atoms with van der Waals surface area (Å²) in [6, 6.07) is 0. The Hall–Kier alpha value is -1.77. The van der Waals surface area contributed by atoms with Gasteiger partial charge in [-0.25, -0.2) is 4.57 Å². The number of allylic oxidation sites excluding steroid dienone is 6. The van der Waals surface area contributed by atoms with E-state index in [0.717, 1.165) is 51.4 Å². The summed E-state index contributed by atoms with van der Waals surface area (Å²) in [5, 5.41) is 0. The number of carbonyl (C=O) groups is 2. The van der Waals surface area contributed by atoms with Crippen molar-refractivity contribution in [3.05, 3.63) is 36.5 Å². The minimum atomic E-state index is -4.38. The van der Waals surface area contributed by atoms with Crippen molar-refractivity contribution in [1.82, 2.24) is 0 Å². The molecule has 9 nitrogen and oxygen atoms in total. The smallest absolute Gasteiger partial charge is 0.462 e. The average molecular weight is 742 g/mol. The van der Waals surface area contributed by atoms with Crippen molar-refractivity contribution in [2.45, 2.75) is 187 Å². The van der Waals surface area contributed by atoms with Crippen LogP contribution in [-0.4, -0.2) is 49.3 Å². The van der Waals surface area contributed by atoms with E-state index in [4.69, 9.17) is 24.3 Å². The van der Waals surface area contributed by atoms with Crippen LogP contribution in [0, 0.1) is 0 Å². The van der Waals surface area contributed by atoms with Gasteiger partial charge in [-0.3, -0.25) is 18.6 Å². The van der Waals surface area contributed by atoms with Crippen LogP contribution in [0.1, 0.15) is 181 Å². The first-order valence-corrected chi connectivity index (χ1v) is 22.0. The number of hydrogen-bond donors (Lipinski definition) is 2. The van der Waals surface area contributed by atoms with Crippen LogP contribution in [0.5, 0.6) is 0 Å². The zero-order valence-corrected chi connectivity index (χ0v) is 33.5.